The summed E-state index contributed by atoms with van der Waals surface area (Å²) in [5.41, 5.74) is 0.604. The van der Waals surface area contributed by atoms with Gasteiger partial charge in [-0.2, -0.15) is 0 Å². The molecule has 40 heavy (non-hydrogen) atoms. The van der Waals surface area contributed by atoms with Crippen molar-refractivity contribution < 1.29 is 22.7 Å². The third-order valence-electron chi connectivity index (χ3n) is 6.09. The molecule has 12 heteroatoms. The first-order valence-corrected chi connectivity index (χ1v) is 15.0. The molecule has 0 aliphatic heterocycles. The normalized spacial score (nSPS) is 11.9. The minimum absolute atomic E-state index is 0.0362. The first-order valence-electron chi connectivity index (χ1n) is 12.4. The van der Waals surface area contributed by atoms with Gasteiger partial charge in [-0.1, -0.05) is 66.0 Å². The number of anilines is 1. The second-order valence-corrected chi connectivity index (χ2v) is 12.0. The zero-order valence-corrected chi connectivity index (χ0v) is 25.3. The van der Waals surface area contributed by atoms with Crippen LogP contribution in [0.5, 0.6) is 5.75 Å². The predicted molar refractivity (Wildman–Crippen MR) is 159 cm³/mol. The second kappa shape index (κ2) is 14.1. The molecule has 8 nitrogen and oxygen atoms in total. The molecule has 0 unspecified atom stereocenters. The van der Waals surface area contributed by atoms with E-state index in [0.717, 1.165) is 4.31 Å². The van der Waals surface area contributed by atoms with E-state index in [1.165, 1.54) is 42.3 Å². The fourth-order valence-corrected chi connectivity index (χ4v) is 5.98. The molecule has 3 rings (SSSR count). The van der Waals surface area contributed by atoms with Crippen molar-refractivity contribution in [3.8, 4) is 5.75 Å². The molecule has 0 spiro atoms. The standard InChI is InChI=1S/C28H30Cl3N3O5S/c1-4-14-32-28(36)19(2)33(17-20-10-11-21(29)15-24(20)31)27(35)18-34(25-16-22(30)12-13-26(25)39-3)40(37,38)23-8-6-5-7-9-23/h5-13,15-16,19H,4,14,17-18H2,1-3H3,(H,32,36)/t19-/m1/s1. The van der Waals surface area contributed by atoms with Crippen molar-refractivity contribution in [1.82, 2.24) is 10.2 Å². The average molecular weight is 627 g/mol. The number of nitrogens with one attached hydrogen (secondary N) is 1. The Kier molecular flexibility index (Phi) is 11.1. The fraction of sp³-hybridized carbons (Fsp3) is 0.286. The average Bonchev–Trinajstić information content (AvgIpc) is 2.94. The van der Waals surface area contributed by atoms with Crippen molar-refractivity contribution in [2.24, 2.45) is 0 Å². The summed E-state index contributed by atoms with van der Waals surface area (Å²) >= 11 is 18.7. The molecule has 0 heterocycles. The van der Waals surface area contributed by atoms with Crippen molar-refractivity contribution in [2.75, 3.05) is 24.5 Å². The molecule has 0 radical (unpaired) electrons. The van der Waals surface area contributed by atoms with E-state index >= 15 is 0 Å². The van der Waals surface area contributed by atoms with Crippen LogP contribution in [0.2, 0.25) is 15.1 Å². The number of ether oxygens (including phenoxy) is 1. The van der Waals surface area contributed by atoms with Crippen LogP contribution >= 0.6 is 34.8 Å². The number of benzene rings is 3. The SMILES string of the molecule is CCCNC(=O)[C@@H](C)N(Cc1ccc(Cl)cc1Cl)C(=O)CN(c1cc(Cl)ccc1OC)S(=O)(=O)c1ccccc1. The molecule has 0 fully saturated rings. The Hall–Kier alpha value is -2.98. The molecular formula is C28H30Cl3N3O5S. The van der Waals surface area contributed by atoms with Gasteiger partial charge < -0.3 is 15.0 Å². The number of carbonyl (C=O) groups is 2. The van der Waals surface area contributed by atoms with Gasteiger partial charge in [0.2, 0.25) is 11.8 Å². The van der Waals surface area contributed by atoms with Crippen molar-refractivity contribution in [3.63, 3.8) is 0 Å². The Morgan fingerprint density at radius 2 is 1.62 bits per heavy atom. The topological polar surface area (TPSA) is 96.0 Å². The van der Waals surface area contributed by atoms with Crippen LogP contribution in [0.1, 0.15) is 25.8 Å². The van der Waals surface area contributed by atoms with Crippen molar-refractivity contribution in [3.05, 3.63) is 87.4 Å². The van der Waals surface area contributed by atoms with Crippen molar-refractivity contribution >= 4 is 62.3 Å². The molecule has 0 saturated carbocycles. The van der Waals surface area contributed by atoms with Crippen molar-refractivity contribution in [2.45, 2.75) is 37.8 Å². The Balaban J connectivity index is 2.10. The minimum Gasteiger partial charge on any atom is -0.495 e. The summed E-state index contributed by atoms with van der Waals surface area (Å²) < 4.78 is 34.2. The number of halogens is 3. The van der Waals surface area contributed by atoms with Crippen LogP contribution in [0, 0.1) is 0 Å². The van der Waals surface area contributed by atoms with Gasteiger partial charge in [-0.05, 0) is 61.4 Å². The monoisotopic (exact) mass is 625 g/mol. The summed E-state index contributed by atoms with van der Waals surface area (Å²) in [6.07, 6.45) is 0.701. The second-order valence-electron chi connectivity index (χ2n) is 8.87. The lowest BCUT2D eigenvalue weighted by Gasteiger charge is -2.32. The number of amides is 2. The van der Waals surface area contributed by atoms with E-state index in [9.17, 15) is 18.0 Å². The molecule has 214 valence electrons. The zero-order valence-electron chi connectivity index (χ0n) is 22.2. The van der Waals surface area contributed by atoms with Crippen LogP contribution in [-0.2, 0) is 26.2 Å². The number of sulfonamides is 1. The molecule has 3 aromatic carbocycles. The Labute approximate surface area is 249 Å². The number of hydrogen-bond acceptors (Lipinski definition) is 5. The lowest BCUT2D eigenvalue weighted by atomic mass is 10.1. The number of methoxy groups -OCH3 is 1. The lowest BCUT2D eigenvalue weighted by molar-refractivity contribution is -0.139. The third-order valence-corrected chi connectivity index (χ3v) is 8.69. The highest BCUT2D eigenvalue weighted by Gasteiger charge is 2.34. The summed E-state index contributed by atoms with van der Waals surface area (Å²) in [4.78, 5) is 28.2. The lowest BCUT2D eigenvalue weighted by Crippen LogP contribution is -2.51. The molecule has 0 aliphatic rings. The van der Waals surface area contributed by atoms with Gasteiger partial charge in [0.05, 0.1) is 17.7 Å². The maximum atomic E-state index is 14.0. The zero-order chi connectivity index (χ0) is 29.4. The van der Waals surface area contributed by atoms with Crippen LogP contribution < -0.4 is 14.4 Å². The summed E-state index contributed by atoms with van der Waals surface area (Å²) in [5.74, 6) is -0.845. The largest absolute Gasteiger partial charge is 0.495 e. The van der Waals surface area contributed by atoms with Crippen LogP contribution in [-0.4, -0.2) is 51.4 Å². The van der Waals surface area contributed by atoms with E-state index in [1.54, 1.807) is 43.3 Å². The van der Waals surface area contributed by atoms with E-state index in [0.29, 0.717) is 28.6 Å². The molecule has 0 saturated heterocycles. The third kappa shape index (κ3) is 7.60. The summed E-state index contributed by atoms with van der Waals surface area (Å²) in [6, 6.07) is 16.0. The number of carbonyl (C=O) groups excluding carboxylic acids is 2. The highest BCUT2D eigenvalue weighted by atomic mass is 35.5. The van der Waals surface area contributed by atoms with Crippen LogP contribution in [0.15, 0.2) is 71.6 Å². The van der Waals surface area contributed by atoms with Gasteiger partial charge in [0.25, 0.3) is 10.0 Å². The van der Waals surface area contributed by atoms with E-state index in [4.69, 9.17) is 39.5 Å². The number of nitrogens with zero attached hydrogens (tertiary/aromatic N) is 2. The molecule has 1 atom stereocenters. The van der Waals surface area contributed by atoms with Gasteiger partial charge >= 0.3 is 0 Å². The van der Waals surface area contributed by atoms with E-state index < -0.39 is 34.4 Å². The predicted octanol–water partition coefficient (Wildman–Crippen LogP) is 5.79. The minimum atomic E-state index is -4.28. The molecule has 0 bridgehead atoms. The van der Waals surface area contributed by atoms with Crippen LogP contribution in [0.25, 0.3) is 0 Å². The van der Waals surface area contributed by atoms with E-state index in [2.05, 4.69) is 5.32 Å². The van der Waals surface area contributed by atoms with Crippen molar-refractivity contribution in [1.29, 1.82) is 0 Å². The molecular weight excluding hydrogens is 597 g/mol. The fourth-order valence-electron chi connectivity index (χ4n) is 3.90. The highest BCUT2D eigenvalue weighted by Crippen LogP contribution is 2.35. The van der Waals surface area contributed by atoms with Crippen LogP contribution in [0.3, 0.4) is 0 Å². The molecule has 3 aromatic rings. The first-order chi connectivity index (χ1) is 19.0. The quantitative estimate of drug-likeness (QED) is 0.274. The van der Waals surface area contributed by atoms with E-state index in [1.807, 2.05) is 6.92 Å². The van der Waals surface area contributed by atoms with Gasteiger partial charge in [0.15, 0.2) is 0 Å². The molecule has 2 amide bonds. The van der Waals surface area contributed by atoms with Gasteiger partial charge in [-0.15, -0.1) is 0 Å². The van der Waals surface area contributed by atoms with E-state index in [-0.39, 0.29) is 27.9 Å². The van der Waals surface area contributed by atoms with Gasteiger partial charge in [0, 0.05) is 28.2 Å². The summed E-state index contributed by atoms with van der Waals surface area (Å²) in [7, 11) is -2.89. The Morgan fingerprint density at radius 3 is 2.25 bits per heavy atom. The maximum Gasteiger partial charge on any atom is 0.264 e. The molecule has 1 N–H and O–H groups in total. The summed E-state index contributed by atoms with van der Waals surface area (Å²) in [5, 5.41) is 3.74. The Morgan fingerprint density at radius 1 is 0.975 bits per heavy atom. The first kappa shape index (κ1) is 31.5. The highest BCUT2D eigenvalue weighted by molar-refractivity contribution is 7.92. The molecule has 0 aromatic heterocycles. The maximum absolute atomic E-state index is 14.0. The van der Waals surface area contributed by atoms with Crippen LogP contribution in [0.4, 0.5) is 5.69 Å². The number of hydrogen-bond donors (Lipinski definition) is 1. The Bertz CT molecular complexity index is 1450. The van der Waals surface area contributed by atoms with Gasteiger partial charge in [-0.25, -0.2) is 8.42 Å². The smallest absolute Gasteiger partial charge is 0.264 e. The number of rotatable bonds is 12. The van der Waals surface area contributed by atoms with Gasteiger partial charge in [0.1, 0.15) is 18.3 Å². The van der Waals surface area contributed by atoms with Gasteiger partial charge in [-0.3, -0.25) is 13.9 Å². The molecule has 0 aliphatic carbocycles. The summed E-state index contributed by atoms with van der Waals surface area (Å²) in [6.45, 7) is 3.18.